The molecule has 1 N–H and O–H groups in total. The third-order valence-electron chi connectivity index (χ3n) is 4.19. The van der Waals surface area contributed by atoms with Crippen LogP contribution in [0.3, 0.4) is 0 Å². The van der Waals surface area contributed by atoms with Crippen LogP contribution in [-0.2, 0) is 16.0 Å². The summed E-state index contributed by atoms with van der Waals surface area (Å²) in [6.07, 6.45) is 4.53. The minimum atomic E-state index is -0.767. The van der Waals surface area contributed by atoms with Crippen molar-refractivity contribution in [1.29, 1.82) is 0 Å². The first-order chi connectivity index (χ1) is 10.2. The summed E-state index contributed by atoms with van der Waals surface area (Å²) in [5, 5.41) is 12.6. The van der Waals surface area contributed by atoms with Crippen LogP contribution in [0.5, 0.6) is 0 Å². The summed E-state index contributed by atoms with van der Waals surface area (Å²) in [6, 6.07) is 0.559. The minimum Gasteiger partial charge on any atom is -0.481 e. The minimum absolute atomic E-state index is 0.101. The Labute approximate surface area is 123 Å². The van der Waals surface area contributed by atoms with E-state index in [1.807, 2.05) is 0 Å². The Morgan fingerprint density at radius 1 is 1.43 bits per heavy atom. The summed E-state index contributed by atoms with van der Waals surface area (Å²) in [5.74, 6) is 0.424. The van der Waals surface area contributed by atoms with Crippen molar-refractivity contribution in [3.8, 4) is 0 Å². The highest BCUT2D eigenvalue weighted by Crippen LogP contribution is 2.28. The standard InChI is InChI=1S/C14H21N3O4/c18-13(19)6-2-1-5-12-15-14(16-21-12)11-8-17-7-3-4-10(17)9-20-11/h10-11H,1-9H2,(H,18,19). The van der Waals surface area contributed by atoms with Gasteiger partial charge in [-0.15, -0.1) is 0 Å². The van der Waals surface area contributed by atoms with Crippen molar-refractivity contribution >= 4 is 5.97 Å². The number of morpholine rings is 1. The predicted molar refractivity (Wildman–Crippen MR) is 72.8 cm³/mol. The lowest BCUT2D eigenvalue weighted by molar-refractivity contribution is -0.137. The Bertz CT molecular complexity index is 490. The van der Waals surface area contributed by atoms with Crippen LogP contribution in [0.4, 0.5) is 0 Å². The number of hydrogen-bond acceptors (Lipinski definition) is 6. The molecule has 0 saturated carbocycles. The van der Waals surface area contributed by atoms with Gasteiger partial charge in [-0.3, -0.25) is 9.69 Å². The Kier molecular flexibility index (Phi) is 4.50. The molecule has 0 aliphatic carbocycles. The van der Waals surface area contributed by atoms with Gasteiger partial charge in [0.05, 0.1) is 6.61 Å². The van der Waals surface area contributed by atoms with Crippen molar-refractivity contribution in [3.05, 3.63) is 11.7 Å². The fraction of sp³-hybridized carbons (Fsp3) is 0.786. The van der Waals surface area contributed by atoms with Gasteiger partial charge in [-0.1, -0.05) is 5.16 Å². The largest absolute Gasteiger partial charge is 0.481 e. The zero-order valence-electron chi connectivity index (χ0n) is 12.0. The molecule has 3 heterocycles. The number of ether oxygens (including phenoxy) is 1. The molecular weight excluding hydrogens is 274 g/mol. The third kappa shape index (κ3) is 3.59. The number of carbonyl (C=O) groups is 1. The van der Waals surface area contributed by atoms with Gasteiger partial charge in [0.15, 0.2) is 0 Å². The highest BCUT2D eigenvalue weighted by atomic mass is 16.5. The maximum atomic E-state index is 10.4. The first kappa shape index (κ1) is 14.5. The lowest BCUT2D eigenvalue weighted by atomic mass is 10.2. The molecule has 116 valence electrons. The lowest BCUT2D eigenvalue weighted by Crippen LogP contribution is -2.42. The predicted octanol–water partition coefficient (Wildman–Crippen LogP) is 1.40. The molecule has 21 heavy (non-hydrogen) atoms. The van der Waals surface area contributed by atoms with E-state index < -0.39 is 5.97 Å². The Balaban J connectivity index is 1.49. The Hall–Kier alpha value is -1.47. The van der Waals surface area contributed by atoms with Crippen molar-refractivity contribution in [3.63, 3.8) is 0 Å². The van der Waals surface area contributed by atoms with Gasteiger partial charge >= 0.3 is 5.97 Å². The molecule has 0 bridgehead atoms. The van der Waals surface area contributed by atoms with Gasteiger partial charge in [-0.05, 0) is 32.2 Å². The first-order valence-corrected chi connectivity index (χ1v) is 7.62. The van der Waals surface area contributed by atoms with Crippen LogP contribution in [0, 0.1) is 0 Å². The van der Waals surface area contributed by atoms with Crippen LogP contribution >= 0.6 is 0 Å². The van der Waals surface area contributed by atoms with Crippen LogP contribution in [-0.4, -0.2) is 51.9 Å². The number of hydrogen-bond donors (Lipinski definition) is 1. The van der Waals surface area contributed by atoms with Crippen LogP contribution in [0.25, 0.3) is 0 Å². The molecule has 0 spiro atoms. The van der Waals surface area contributed by atoms with E-state index in [0.29, 0.717) is 30.6 Å². The average Bonchev–Trinajstić information content (AvgIpc) is 3.11. The number of fused-ring (bicyclic) bond motifs is 1. The molecule has 2 aliphatic rings. The summed E-state index contributed by atoms with van der Waals surface area (Å²) >= 11 is 0. The molecule has 2 unspecified atom stereocenters. The quantitative estimate of drug-likeness (QED) is 0.793. The third-order valence-corrected chi connectivity index (χ3v) is 4.19. The van der Waals surface area contributed by atoms with E-state index in [9.17, 15) is 4.79 Å². The summed E-state index contributed by atoms with van der Waals surface area (Å²) < 4.78 is 11.1. The second-order valence-electron chi connectivity index (χ2n) is 5.76. The van der Waals surface area contributed by atoms with E-state index in [1.165, 1.54) is 12.8 Å². The normalized spacial score (nSPS) is 25.9. The topological polar surface area (TPSA) is 88.7 Å². The van der Waals surface area contributed by atoms with Crippen LogP contribution in [0.15, 0.2) is 4.52 Å². The molecule has 3 rings (SSSR count). The van der Waals surface area contributed by atoms with E-state index in [1.54, 1.807) is 0 Å². The number of aromatic nitrogens is 2. The van der Waals surface area contributed by atoms with Crippen LogP contribution in [0.2, 0.25) is 0 Å². The highest BCUT2D eigenvalue weighted by molar-refractivity contribution is 5.66. The Morgan fingerprint density at radius 3 is 3.19 bits per heavy atom. The maximum Gasteiger partial charge on any atom is 0.303 e. The average molecular weight is 295 g/mol. The summed E-state index contributed by atoms with van der Waals surface area (Å²) in [7, 11) is 0. The lowest BCUT2D eigenvalue weighted by Gasteiger charge is -2.33. The van der Waals surface area contributed by atoms with E-state index in [4.69, 9.17) is 14.4 Å². The van der Waals surface area contributed by atoms with E-state index in [2.05, 4.69) is 15.0 Å². The van der Waals surface area contributed by atoms with Crippen molar-refractivity contribution in [2.75, 3.05) is 19.7 Å². The van der Waals surface area contributed by atoms with Crippen LogP contribution in [0.1, 0.15) is 49.9 Å². The molecule has 0 radical (unpaired) electrons. The van der Waals surface area contributed by atoms with Gasteiger partial charge in [-0.25, -0.2) is 0 Å². The second kappa shape index (κ2) is 6.53. The van der Waals surface area contributed by atoms with Gasteiger partial charge in [0.25, 0.3) is 0 Å². The zero-order chi connectivity index (χ0) is 14.7. The summed E-state index contributed by atoms with van der Waals surface area (Å²) in [4.78, 5) is 17.3. The smallest absolute Gasteiger partial charge is 0.303 e. The van der Waals surface area contributed by atoms with Gasteiger partial charge in [0, 0.05) is 25.4 Å². The number of aryl methyl sites for hydroxylation is 1. The van der Waals surface area contributed by atoms with E-state index in [0.717, 1.165) is 26.1 Å². The maximum absolute atomic E-state index is 10.4. The molecule has 2 atom stereocenters. The molecule has 2 aliphatic heterocycles. The fourth-order valence-electron chi connectivity index (χ4n) is 3.03. The second-order valence-corrected chi connectivity index (χ2v) is 5.76. The molecule has 2 saturated heterocycles. The molecule has 7 nitrogen and oxygen atoms in total. The van der Waals surface area contributed by atoms with Crippen molar-refractivity contribution in [2.24, 2.45) is 0 Å². The van der Waals surface area contributed by atoms with Crippen molar-refractivity contribution < 1.29 is 19.2 Å². The van der Waals surface area contributed by atoms with Gasteiger partial charge in [-0.2, -0.15) is 4.98 Å². The van der Waals surface area contributed by atoms with E-state index in [-0.39, 0.29) is 12.5 Å². The molecule has 1 aromatic rings. The molecule has 2 fully saturated rings. The molecule has 0 amide bonds. The monoisotopic (exact) mass is 295 g/mol. The molecule has 7 heteroatoms. The number of unbranched alkanes of at least 4 members (excludes halogenated alkanes) is 1. The summed E-state index contributed by atoms with van der Waals surface area (Å²) in [5.41, 5.74) is 0. The van der Waals surface area contributed by atoms with E-state index >= 15 is 0 Å². The number of rotatable bonds is 6. The number of carboxylic acid groups (broad SMARTS) is 1. The fourth-order valence-corrected chi connectivity index (χ4v) is 3.03. The summed E-state index contributed by atoms with van der Waals surface area (Å²) in [6.45, 7) is 2.71. The molecular formula is C14H21N3O4. The Morgan fingerprint density at radius 2 is 2.33 bits per heavy atom. The first-order valence-electron chi connectivity index (χ1n) is 7.62. The van der Waals surface area contributed by atoms with Crippen molar-refractivity contribution in [2.45, 2.75) is 50.7 Å². The van der Waals surface area contributed by atoms with Gasteiger partial charge in [0.2, 0.25) is 11.7 Å². The molecule has 0 aromatic carbocycles. The van der Waals surface area contributed by atoms with Gasteiger partial charge < -0.3 is 14.4 Å². The highest BCUT2D eigenvalue weighted by Gasteiger charge is 2.34. The zero-order valence-corrected chi connectivity index (χ0v) is 12.0. The number of carboxylic acids is 1. The number of nitrogens with zero attached hydrogens (tertiary/aromatic N) is 3. The molecule has 1 aromatic heterocycles. The van der Waals surface area contributed by atoms with Gasteiger partial charge in [0.1, 0.15) is 6.10 Å². The van der Waals surface area contributed by atoms with Crippen LogP contribution < -0.4 is 0 Å². The SMILES string of the molecule is O=C(O)CCCCc1nc(C2CN3CCCC3CO2)no1. The number of aliphatic carboxylic acids is 1. The van der Waals surface area contributed by atoms with Crippen molar-refractivity contribution in [1.82, 2.24) is 15.0 Å².